The second-order valence-corrected chi connectivity index (χ2v) is 11.1. The van der Waals surface area contributed by atoms with Crippen LogP contribution in [0.3, 0.4) is 0 Å². The van der Waals surface area contributed by atoms with Crippen LogP contribution in [0.1, 0.15) is 72.1 Å². The van der Waals surface area contributed by atoms with Crippen LogP contribution in [-0.4, -0.2) is 66.5 Å². The first-order chi connectivity index (χ1) is 19.0. The zero-order valence-corrected chi connectivity index (χ0v) is 23.2. The van der Waals surface area contributed by atoms with Gasteiger partial charge in [-0.05, 0) is 81.8 Å². The number of carbonyl (C=O) groups is 2. The van der Waals surface area contributed by atoms with E-state index in [9.17, 15) is 9.59 Å². The Morgan fingerprint density at radius 2 is 1.51 bits per heavy atom. The lowest BCUT2D eigenvalue weighted by Crippen LogP contribution is -2.32. The number of nitrogens with one attached hydrogen (secondary N) is 2. The molecule has 8 heteroatoms. The minimum absolute atomic E-state index is 0.148. The summed E-state index contributed by atoms with van der Waals surface area (Å²) in [5.74, 6) is 2.09. The van der Waals surface area contributed by atoms with E-state index in [0.29, 0.717) is 29.6 Å². The quantitative estimate of drug-likeness (QED) is 0.249. The first-order valence-corrected chi connectivity index (χ1v) is 14.4. The van der Waals surface area contributed by atoms with E-state index >= 15 is 0 Å². The third kappa shape index (κ3) is 6.38. The molecule has 8 nitrogen and oxygen atoms in total. The van der Waals surface area contributed by atoms with Gasteiger partial charge in [0.2, 0.25) is 5.95 Å². The maximum atomic E-state index is 12.4. The molecule has 2 heterocycles. The van der Waals surface area contributed by atoms with Gasteiger partial charge in [-0.1, -0.05) is 37.1 Å². The average molecular weight is 529 g/mol. The molecular weight excluding hydrogens is 488 g/mol. The van der Waals surface area contributed by atoms with Crippen molar-refractivity contribution in [2.24, 2.45) is 5.92 Å². The van der Waals surface area contributed by atoms with Crippen molar-refractivity contribution in [2.75, 3.05) is 43.9 Å². The average Bonchev–Trinajstić information content (AvgIpc) is 3.19. The Kier molecular flexibility index (Phi) is 8.71. The van der Waals surface area contributed by atoms with Crippen molar-refractivity contribution in [3.63, 3.8) is 0 Å². The molecule has 0 bridgehead atoms. The van der Waals surface area contributed by atoms with Gasteiger partial charge in [-0.2, -0.15) is 4.98 Å². The first kappa shape index (κ1) is 27.1. The topological polar surface area (TPSA) is 90.5 Å². The number of nitrogens with zero attached hydrogens (tertiary/aromatic N) is 4. The summed E-state index contributed by atoms with van der Waals surface area (Å²) in [6, 6.07) is 15.7. The van der Waals surface area contributed by atoms with Crippen molar-refractivity contribution in [1.82, 2.24) is 20.2 Å². The number of hydrogen-bond donors (Lipinski definition) is 2. The lowest BCUT2D eigenvalue weighted by molar-refractivity contribution is 0.0651. The van der Waals surface area contributed by atoms with Gasteiger partial charge in [0.1, 0.15) is 5.82 Å². The summed E-state index contributed by atoms with van der Waals surface area (Å²) in [5, 5.41) is 8.32. The maximum absolute atomic E-state index is 12.4. The Hall–Kier alpha value is -3.52. The molecule has 1 aliphatic carbocycles. The SMILES string of the molecule is CN(C)c1nc(NC2CCC(CNCCCCCCN3C(=O)c4ccccc4C3=O)CC2)nc2ccccc12. The predicted molar refractivity (Wildman–Crippen MR) is 156 cm³/mol. The highest BCUT2D eigenvalue weighted by Crippen LogP contribution is 2.28. The Labute approximate surface area is 231 Å². The predicted octanol–water partition coefficient (Wildman–Crippen LogP) is 5.11. The molecule has 3 aromatic rings. The molecule has 1 fully saturated rings. The Balaban J connectivity index is 0.951. The molecule has 0 atom stereocenters. The van der Waals surface area contributed by atoms with Crippen LogP contribution < -0.4 is 15.5 Å². The van der Waals surface area contributed by atoms with Crippen LogP contribution >= 0.6 is 0 Å². The van der Waals surface area contributed by atoms with E-state index in [-0.39, 0.29) is 11.8 Å². The van der Waals surface area contributed by atoms with Crippen LogP contribution in [0, 0.1) is 5.92 Å². The normalized spacial score (nSPS) is 19.0. The number of amides is 2. The fraction of sp³-hybridized carbons (Fsp3) is 0.484. The summed E-state index contributed by atoms with van der Waals surface area (Å²) in [6.07, 6.45) is 8.80. The Morgan fingerprint density at radius 1 is 0.846 bits per heavy atom. The zero-order chi connectivity index (χ0) is 27.2. The van der Waals surface area contributed by atoms with Crippen LogP contribution in [0.2, 0.25) is 0 Å². The van der Waals surface area contributed by atoms with E-state index in [4.69, 9.17) is 9.97 Å². The zero-order valence-electron chi connectivity index (χ0n) is 23.2. The Bertz CT molecular complexity index is 1270. The standard InChI is InChI=1S/C31H40N6O2/c1-36(2)28-26-13-7-8-14-27(26)34-31(35-28)33-23-17-15-22(16-18-23)21-32-19-9-3-4-10-20-37-29(38)24-11-5-6-12-25(24)30(37)39/h5-8,11-14,22-23,32H,3-4,9-10,15-21H2,1-2H3,(H,33,34,35). The molecule has 206 valence electrons. The monoisotopic (exact) mass is 528 g/mol. The highest BCUT2D eigenvalue weighted by molar-refractivity contribution is 6.21. The van der Waals surface area contributed by atoms with E-state index in [1.807, 2.05) is 49.3 Å². The van der Waals surface area contributed by atoms with E-state index < -0.39 is 0 Å². The van der Waals surface area contributed by atoms with Crippen molar-refractivity contribution in [3.05, 3.63) is 59.7 Å². The molecule has 0 saturated heterocycles. The van der Waals surface area contributed by atoms with Gasteiger partial charge in [0.05, 0.1) is 16.6 Å². The molecule has 1 saturated carbocycles. The molecule has 0 radical (unpaired) electrons. The number of para-hydroxylation sites is 1. The van der Waals surface area contributed by atoms with Gasteiger partial charge in [0.15, 0.2) is 0 Å². The Morgan fingerprint density at radius 3 is 2.23 bits per heavy atom. The van der Waals surface area contributed by atoms with E-state index in [1.54, 1.807) is 12.1 Å². The van der Waals surface area contributed by atoms with Crippen molar-refractivity contribution >= 4 is 34.5 Å². The fourth-order valence-corrected chi connectivity index (χ4v) is 5.78. The number of benzene rings is 2. The minimum Gasteiger partial charge on any atom is -0.362 e. The summed E-state index contributed by atoms with van der Waals surface area (Å²) < 4.78 is 0. The number of hydrogen-bond acceptors (Lipinski definition) is 7. The van der Waals surface area contributed by atoms with Crippen molar-refractivity contribution < 1.29 is 9.59 Å². The molecule has 2 aromatic carbocycles. The van der Waals surface area contributed by atoms with Gasteiger partial charge in [0, 0.05) is 32.1 Å². The molecule has 0 unspecified atom stereocenters. The third-order valence-corrected chi connectivity index (χ3v) is 7.98. The summed E-state index contributed by atoms with van der Waals surface area (Å²) in [5.41, 5.74) is 2.05. The summed E-state index contributed by atoms with van der Waals surface area (Å²) in [6.45, 7) is 2.60. The van der Waals surface area contributed by atoms with E-state index in [0.717, 1.165) is 74.3 Å². The number of aromatic nitrogens is 2. The molecule has 39 heavy (non-hydrogen) atoms. The van der Waals surface area contributed by atoms with Crippen molar-refractivity contribution in [3.8, 4) is 0 Å². The lowest BCUT2D eigenvalue weighted by Gasteiger charge is -2.29. The largest absolute Gasteiger partial charge is 0.362 e. The molecule has 1 aliphatic heterocycles. The number of rotatable bonds is 12. The maximum Gasteiger partial charge on any atom is 0.261 e. The molecule has 2 N–H and O–H groups in total. The fourth-order valence-electron chi connectivity index (χ4n) is 5.78. The van der Waals surface area contributed by atoms with Crippen LogP contribution in [0.25, 0.3) is 10.9 Å². The van der Waals surface area contributed by atoms with Crippen LogP contribution in [0.15, 0.2) is 48.5 Å². The molecule has 1 aromatic heterocycles. The van der Waals surface area contributed by atoms with E-state index in [1.165, 1.54) is 17.7 Å². The second kappa shape index (κ2) is 12.6. The number of fused-ring (bicyclic) bond motifs is 2. The van der Waals surface area contributed by atoms with Gasteiger partial charge in [0.25, 0.3) is 11.8 Å². The van der Waals surface area contributed by atoms with Gasteiger partial charge in [-0.3, -0.25) is 14.5 Å². The number of imide groups is 1. The second-order valence-electron chi connectivity index (χ2n) is 11.1. The van der Waals surface area contributed by atoms with Crippen LogP contribution in [0.5, 0.6) is 0 Å². The summed E-state index contributed by atoms with van der Waals surface area (Å²) in [7, 11) is 4.05. The van der Waals surface area contributed by atoms with Crippen LogP contribution in [0.4, 0.5) is 11.8 Å². The number of unbranched alkanes of at least 4 members (excludes halogenated alkanes) is 3. The molecule has 2 amide bonds. The lowest BCUT2D eigenvalue weighted by atomic mass is 9.86. The van der Waals surface area contributed by atoms with Crippen LogP contribution in [-0.2, 0) is 0 Å². The molecule has 0 spiro atoms. The summed E-state index contributed by atoms with van der Waals surface area (Å²) >= 11 is 0. The molecule has 5 rings (SSSR count). The molecular formula is C31H40N6O2. The van der Waals surface area contributed by atoms with Crippen molar-refractivity contribution in [1.29, 1.82) is 0 Å². The smallest absolute Gasteiger partial charge is 0.261 e. The highest BCUT2D eigenvalue weighted by Gasteiger charge is 2.34. The minimum atomic E-state index is -0.148. The third-order valence-electron chi connectivity index (χ3n) is 7.98. The van der Waals surface area contributed by atoms with Gasteiger partial charge < -0.3 is 15.5 Å². The number of carbonyl (C=O) groups excluding carboxylic acids is 2. The van der Waals surface area contributed by atoms with Gasteiger partial charge in [-0.25, -0.2) is 4.98 Å². The van der Waals surface area contributed by atoms with E-state index in [2.05, 4.69) is 16.7 Å². The number of anilines is 2. The van der Waals surface area contributed by atoms with Crippen molar-refractivity contribution in [2.45, 2.75) is 57.4 Å². The summed E-state index contributed by atoms with van der Waals surface area (Å²) in [4.78, 5) is 37.9. The van der Waals surface area contributed by atoms with Gasteiger partial charge >= 0.3 is 0 Å². The first-order valence-electron chi connectivity index (χ1n) is 14.4. The van der Waals surface area contributed by atoms with Gasteiger partial charge in [-0.15, -0.1) is 0 Å². The molecule has 2 aliphatic rings. The highest BCUT2D eigenvalue weighted by atomic mass is 16.2.